The van der Waals surface area contributed by atoms with Crippen molar-refractivity contribution in [2.24, 2.45) is 0 Å². The minimum Gasteiger partial charge on any atom is -0.0693 e. The molecule has 88 heavy (non-hydrogen) atoms. The fraction of sp³-hybridized carbons (Fsp3) is 0.833. The zero-order valence-electron chi connectivity index (χ0n) is 68.9. The molecule has 3 aliphatic rings. The van der Waals surface area contributed by atoms with E-state index in [0.29, 0.717) is 18.6 Å². The van der Waals surface area contributed by atoms with Gasteiger partial charge in [-0.25, -0.2) is 0 Å². The Kier molecular flexibility index (Phi) is 22.8. The fourth-order valence-corrected chi connectivity index (χ4v) is 170. The molecule has 510 valence electrons. The Morgan fingerprint density at radius 2 is 0.443 bits per heavy atom. The number of hydrogen-bond acceptors (Lipinski definition) is 0. The fourth-order valence-electron chi connectivity index (χ4n) is 27.1. The molecule has 0 nitrogen and oxygen atoms in total. The van der Waals surface area contributed by atoms with Crippen LogP contribution in [0.25, 0.3) is 0 Å². The van der Waals surface area contributed by atoms with Gasteiger partial charge in [0.2, 0.25) is 0 Å². The number of rotatable bonds is 25. The molecule has 3 aliphatic heterocycles. The summed E-state index contributed by atoms with van der Waals surface area (Å²) in [6.07, 6.45) is 5.54. The van der Waals surface area contributed by atoms with Crippen molar-refractivity contribution in [3.8, 4) is 0 Å². The van der Waals surface area contributed by atoms with E-state index < -0.39 is 128 Å². The Morgan fingerprint density at radius 1 is 0.295 bits per heavy atom. The maximum Gasteiger partial charge on any atom is 0.0928 e. The van der Waals surface area contributed by atoms with E-state index in [1.807, 2.05) is 11.1 Å². The summed E-state index contributed by atoms with van der Waals surface area (Å²) in [5.41, 5.74) is 12.1. The van der Waals surface area contributed by atoms with Crippen LogP contribution in [0.5, 0.6) is 0 Å². The number of fused-ring (bicyclic) bond motifs is 4. The first-order valence-corrected chi connectivity index (χ1v) is 91.6. The predicted octanol–water partition coefficient (Wildman–Crippen LogP) is 25.0. The zero-order chi connectivity index (χ0) is 70.0. The average molecular weight is 1470 g/mol. The highest BCUT2D eigenvalue weighted by Crippen LogP contribution is 3.02. The maximum absolute atomic E-state index is 3.26. The molecule has 0 saturated carbocycles. The number of unbranched alkanes of at least 4 members (excludes halogenated alkanes) is 3. The van der Waals surface area contributed by atoms with Gasteiger partial charge < -0.3 is 0 Å². The summed E-state index contributed by atoms with van der Waals surface area (Å²) in [5, 5.41) is 8.38. The van der Waals surface area contributed by atoms with Gasteiger partial charge in [-0.2, -0.15) is 0 Å². The van der Waals surface area contributed by atoms with Gasteiger partial charge in [0.1, 0.15) is 0 Å². The molecule has 3 heterocycles. The van der Waals surface area contributed by atoms with Crippen molar-refractivity contribution in [1.29, 1.82) is 0 Å². The lowest BCUT2D eigenvalue weighted by Gasteiger charge is -2.61. The van der Waals surface area contributed by atoms with Crippen molar-refractivity contribution >= 4 is 139 Å². The van der Waals surface area contributed by atoms with E-state index in [-0.39, 0.29) is 0 Å². The van der Waals surface area contributed by atoms with Gasteiger partial charge in [-0.05, 0) is 50.4 Å². The monoisotopic (exact) mass is 1470 g/mol. The van der Waals surface area contributed by atoms with Crippen LogP contribution in [0.4, 0.5) is 0 Å². The Morgan fingerprint density at radius 3 is 0.545 bits per heavy atom. The van der Waals surface area contributed by atoms with Crippen molar-refractivity contribution < 1.29 is 0 Å². The van der Waals surface area contributed by atoms with Crippen molar-refractivity contribution in [1.82, 2.24) is 0 Å². The van der Waals surface area contributed by atoms with Crippen LogP contribution >= 0.6 is 0 Å². The summed E-state index contributed by atoms with van der Waals surface area (Å²) < 4.78 is 0.679. The summed E-state index contributed by atoms with van der Waals surface area (Å²) in [7, 11) is -30.2. The molecule has 0 amide bonds. The molecule has 3 fully saturated rings. The Balaban J connectivity index is 0.00000262. The minimum absolute atomic E-state index is 0.340. The van der Waals surface area contributed by atoms with Crippen molar-refractivity contribution in [3.05, 3.63) is 57.6 Å². The Hall–Kier alpha value is 1.91. The van der Waals surface area contributed by atoms with Crippen LogP contribution in [-0.4, -0.2) is 128 Å². The molecule has 0 radical (unpaired) electrons. The molecular formula is C72H158Si16. The molecule has 2 aromatic carbocycles. The standard InChI is InChI=1S/C66H144Si16.C6H14/c1-63-49-81(63,57-53(59(67(3,4)5)68(6,7)8)45-51(46-54(57)60(69(9,10)11)70(12,13)14)65(75(27,28)29,76(30,31)32)77(33,34)35)82(50-64(63,82)2)58-55(61(71(15,16)17)72(18,19)20)47-52(48-56(58)62(73(21,22)23)74(24,25)26)66(78(36,37)38,79(39,40)41)80(42,43)44;1-3-5-6-4-2/h45-48,59-62H,49-50H2,1-44H3;3-6H2,1-2H3/t63-,64-,81+,82+;/m1./s1. The number of hydrogen-bond donors (Lipinski definition) is 0. The van der Waals surface area contributed by atoms with Crippen LogP contribution in [0.1, 0.15) is 107 Å². The van der Waals surface area contributed by atoms with E-state index in [4.69, 9.17) is 0 Å². The first-order chi connectivity index (χ1) is 38.2. The first-order valence-electron chi connectivity index (χ1n) is 36.6. The maximum atomic E-state index is 3.26. The first kappa shape index (κ1) is 82.3. The van der Waals surface area contributed by atoms with Crippen LogP contribution in [-0.2, 0) is 8.57 Å². The van der Waals surface area contributed by atoms with Crippen LogP contribution in [0, 0.1) is 0 Å². The summed E-state index contributed by atoms with van der Waals surface area (Å²) in [5.74, 6) is 0. The molecule has 3 saturated heterocycles. The highest BCUT2D eigenvalue weighted by atomic mass is 29.3. The van der Waals surface area contributed by atoms with Crippen molar-refractivity contribution in [2.45, 2.75) is 380 Å². The third-order valence-electron chi connectivity index (χ3n) is 24.8. The minimum atomic E-state index is -2.29. The van der Waals surface area contributed by atoms with E-state index in [1.54, 1.807) is 12.1 Å². The van der Waals surface area contributed by atoms with Crippen molar-refractivity contribution in [2.75, 3.05) is 0 Å². The molecule has 0 aliphatic carbocycles. The SMILES string of the molecule is CCCCCC.C[C@]12C[Si@@]1(c1c(C([Si](C)(C)C)[Si](C)(C)C)cc(C([Si](C)(C)C)([Si](C)(C)C)[Si](C)(C)C)cc1C([Si](C)(C)C)[Si](C)(C)C)[Si@]1(c3c(C([Si](C)(C)C)[Si](C)(C)C)cc(C([Si](C)(C)C)([Si](C)(C)C)[Si](C)(C)C)cc3C([Si](C)(C)C)[Si](C)(C)C)C[C@]21C. The van der Waals surface area contributed by atoms with E-state index in [2.05, 4.69) is 360 Å². The molecule has 2 aromatic rings. The quantitative estimate of drug-likeness (QED) is 0.0687. The van der Waals surface area contributed by atoms with Crippen molar-refractivity contribution in [3.63, 3.8) is 0 Å². The highest BCUT2D eigenvalue weighted by Gasteiger charge is 3.05. The second-order valence-electron chi connectivity index (χ2n) is 46.3. The zero-order valence-corrected chi connectivity index (χ0v) is 84.9. The molecule has 0 N–H and O–H groups in total. The lowest BCUT2D eigenvalue weighted by Crippen LogP contribution is -2.76. The van der Waals surface area contributed by atoms with Crippen LogP contribution < -0.4 is 10.4 Å². The summed E-state index contributed by atoms with van der Waals surface area (Å²) >= 11 is 0. The molecule has 0 aromatic heterocycles. The third-order valence-corrected chi connectivity index (χ3v) is 126. The number of benzene rings is 2. The van der Waals surface area contributed by atoms with Crippen LogP contribution in [0.2, 0.25) is 297 Å². The summed E-state index contributed by atoms with van der Waals surface area (Å²) in [6.45, 7) is 131. The smallest absolute Gasteiger partial charge is 0.0693 e. The van der Waals surface area contributed by atoms with Gasteiger partial charge in [0.05, 0.1) is 15.2 Å². The molecule has 5 rings (SSSR count). The highest BCUT2D eigenvalue weighted by molar-refractivity contribution is 7.67. The summed E-state index contributed by atoms with van der Waals surface area (Å²) in [4.78, 5) is 0. The van der Waals surface area contributed by atoms with Crippen LogP contribution in [0.3, 0.4) is 0 Å². The van der Waals surface area contributed by atoms with Gasteiger partial charge in [0.25, 0.3) is 0 Å². The molecular weight excluding hydrogens is 1310 g/mol. The van der Waals surface area contributed by atoms with Gasteiger partial charge >= 0.3 is 0 Å². The van der Waals surface area contributed by atoms with Gasteiger partial charge in [-0.1, -0.05) is 397 Å². The van der Waals surface area contributed by atoms with Gasteiger partial charge in [0, 0.05) is 113 Å². The summed E-state index contributed by atoms with van der Waals surface area (Å²) in [6, 6.07) is 16.2. The lowest BCUT2D eigenvalue weighted by molar-refractivity contribution is 0.606. The second-order valence-corrected chi connectivity index (χ2v) is 138. The van der Waals surface area contributed by atoms with E-state index in [9.17, 15) is 0 Å². The average Bonchev–Trinajstić information content (AvgIpc) is 1.37. The van der Waals surface area contributed by atoms with E-state index >= 15 is 0 Å². The van der Waals surface area contributed by atoms with Gasteiger partial charge in [-0.3, -0.25) is 0 Å². The Labute approximate surface area is 570 Å². The van der Waals surface area contributed by atoms with Gasteiger partial charge in [0.15, 0.2) is 0 Å². The molecule has 16 heteroatoms. The van der Waals surface area contributed by atoms with E-state index in [1.165, 1.54) is 25.7 Å². The molecule has 4 atom stereocenters. The molecule has 0 bridgehead atoms. The van der Waals surface area contributed by atoms with Crippen LogP contribution in [0.15, 0.2) is 24.3 Å². The third kappa shape index (κ3) is 13.4. The molecule has 0 unspecified atom stereocenters. The largest absolute Gasteiger partial charge is 0.0928 e. The normalized spacial score (nSPS) is 23.3. The van der Waals surface area contributed by atoms with E-state index in [0.717, 1.165) is 20.7 Å². The second kappa shape index (κ2) is 24.4. The van der Waals surface area contributed by atoms with Gasteiger partial charge in [-0.15, -0.1) is 0 Å². The Bertz CT molecular complexity index is 2400. The lowest BCUT2D eigenvalue weighted by atomic mass is 10.0. The molecule has 0 spiro atoms. The predicted molar refractivity (Wildman–Crippen MR) is 461 cm³/mol. The topological polar surface area (TPSA) is 0 Å².